The monoisotopic (exact) mass is 284 g/mol. The zero-order valence-electron chi connectivity index (χ0n) is 12.5. The molecule has 1 aromatic carbocycles. The van der Waals surface area contributed by atoms with E-state index in [1.807, 2.05) is 30.0 Å². The van der Waals surface area contributed by atoms with Crippen LogP contribution in [0.4, 0.5) is 0 Å². The molecule has 21 heavy (non-hydrogen) atoms. The van der Waals surface area contributed by atoms with Crippen molar-refractivity contribution in [2.75, 3.05) is 20.2 Å². The van der Waals surface area contributed by atoms with E-state index in [-0.39, 0.29) is 5.91 Å². The molecule has 4 nitrogen and oxygen atoms in total. The van der Waals surface area contributed by atoms with Crippen molar-refractivity contribution in [3.8, 4) is 5.88 Å². The highest BCUT2D eigenvalue weighted by Crippen LogP contribution is 2.10. The number of pyridine rings is 1. The molecule has 4 heteroatoms. The van der Waals surface area contributed by atoms with Crippen LogP contribution in [0, 0.1) is 0 Å². The molecular weight excluding hydrogens is 264 g/mol. The van der Waals surface area contributed by atoms with Gasteiger partial charge < -0.3 is 9.64 Å². The first-order valence-electron chi connectivity index (χ1n) is 7.08. The normalized spacial score (nSPS) is 10.2. The molecule has 2 rings (SSSR count). The summed E-state index contributed by atoms with van der Waals surface area (Å²) in [6, 6.07) is 13.6. The van der Waals surface area contributed by atoms with Crippen LogP contribution in [0.5, 0.6) is 5.88 Å². The van der Waals surface area contributed by atoms with Crippen molar-refractivity contribution in [3.05, 3.63) is 59.8 Å². The zero-order chi connectivity index (χ0) is 15.1. The Hall–Kier alpha value is -2.36. The Labute approximate surface area is 125 Å². The maximum Gasteiger partial charge on any atom is 0.255 e. The van der Waals surface area contributed by atoms with Crippen molar-refractivity contribution in [2.24, 2.45) is 0 Å². The second-order valence-electron chi connectivity index (χ2n) is 4.71. The van der Waals surface area contributed by atoms with Crippen LogP contribution >= 0.6 is 0 Å². The summed E-state index contributed by atoms with van der Waals surface area (Å²) < 4.78 is 5.01. The first-order chi connectivity index (χ1) is 10.2. The lowest BCUT2D eigenvalue weighted by molar-refractivity contribution is 0.0765. The van der Waals surface area contributed by atoms with Gasteiger partial charge in [0, 0.05) is 25.4 Å². The van der Waals surface area contributed by atoms with Gasteiger partial charge in [0.1, 0.15) is 0 Å². The number of nitrogens with zero attached hydrogens (tertiary/aromatic N) is 2. The fourth-order valence-corrected chi connectivity index (χ4v) is 2.12. The summed E-state index contributed by atoms with van der Waals surface area (Å²) in [4.78, 5) is 18.4. The molecule has 110 valence electrons. The molecular formula is C17H20N2O2. The summed E-state index contributed by atoms with van der Waals surface area (Å²) in [5, 5.41) is 0. The van der Waals surface area contributed by atoms with E-state index >= 15 is 0 Å². The van der Waals surface area contributed by atoms with Crippen molar-refractivity contribution in [1.82, 2.24) is 9.88 Å². The molecule has 1 heterocycles. The summed E-state index contributed by atoms with van der Waals surface area (Å²) in [6.45, 7) is 3.36. The average molecular weight is 284 g/mol. The molecule has 0 atom stereocenters. The van der Waals surface area contributed by atoms with Crippen LogP contribution in [0.2, 0.25) is 0 Å². The lowest BCUT2D eigenvalue weighted by Gasteiger charge is -2.21. The SMILES string of the molecule is CCN(CCc1ccccc1)C(=O)c1ccc(OC)nc1. The Morgan fingerprint density at radius 3 is 2.52 bits per heavy atom. The van der Waals surface area contributed by atoms with E-state index in [1.54, 1.807) is 25.4 Å². The number of ether oxygens (including phenoxy) is 1. The van der Waals surface area contributed by atoms with E-state index in [1.165, 1.54) is 5.56 Å². The number of benzene rings is 1. The fourth-order valence-electron chi connectivity index (χ4n) is 2.12. The summed E-state index contributed by atoms with van der Waals surface area (Å²) >= 11 is 0. The highest BCUT2D eigenvalue weighted by Gasteiger charge is 2.14. The number of hydrogen-bond acceptors (Lipinski definition) is 3. The quantitative estimate of drug-likeness (QED) is 0.819. The minimum atomic E-state index is 0.00332. The van der Waals surface area contributed by atoms with Gasteiger partial charge in [-0.2, -0.15) is 0 Å². The Bertz CT molecular complexity index is 567. The number of carbonyl (C=O) groups excluding carboxylic acids is 1. The minimum Gasteiger partial charge on any atom is -0.481 e. The summed E-state index contributed by atoms with van der Waals surface area (Å²) in [5.74, 6) is 0.516. The molecule has 1 aromatic heterocycles. The Balaban J connectivity index is 2.00. The number of carbonyl (C=O) groups is 1. The van der Waals surface area contributed by atoms with Gasteiger partial charge in [0.05, 0.1) is 12.7 Å². The molecule has 0 aliphatic carbocycles. The van der Waals surface area contributed by atoms with Gasteiger partial charge in [-0.1, -0.05) is 30.3 Å². The van der Waals surface area contributed by atoms with E-state index in [9.17, 15) is 4.79 Å². The van der Waals surface area contributed by atoms with Gasteiger partial charge in [-0.3, -0.25) is 4.79 Å². The third-order valence-electron chi connectivity index (χ3n) is 3.37. The van der Waals surface area contributed by atoms with Gasteiger partial charge in [-0.05, 0) is 25.0 Å². The Morgan fingerprint density at radius 2 is 1.95 bits per heavy atom. The molecule has 0 spiro atoms. The topological polar surface area (TPSA) is 42.4 Å². The van der Waals surface area contributed by atoms with Crippen LogP contribution in [0.25, 0.3) is 0 Å². The van der Waals surface area contributed by atoms with E-state index in [4.69, 9.17) is 4.74 Å². The van der Waals surface area contributed by atoms with Gasteiger partial charge in [0.15, 0.2) is 0 Å². The standard InChI is InChI=1S/C17H20N2O2/c1-3-19(12-11-14-7-5-4-6-8-14)17(20)15-9-10-16(21-2)18-13-15/h4-10,13H,3,11-12H2,1-2H3. The Kier molecular flexibility index (Phi) is 5.32. The molecule has 0 saturated carbocycles. The minimum absolute atomic E-state index is 0.00332. The predicted octanol–water partition coefficient (Wildman–Crippen LogP) is 2.80. The second kappa shape index (κ2) is 7.43. The lowest BCUT2D eigenvalue weighted by atomic mass is 10.1. The van der Waals surface area contributed by atoms with Crippen LogP contribution in [-0.2, 0) is 6.42 Å². The number of hydrogen-bond donors (Lipinski definition) is 0. The van der Waals surface area contributed by atoms with Crippen molar-refractivity contribution in [1.29, 1.82) is 0 Å². The van der Waals surface area contributed by atoms with Crippen LogP contribution < -0.4 is 4.74 Å². The van der Waals surface area contributed by atoms with E-state index in [0.717, 1.165) is 6.42 Å². The molecule has 0 N–H and O–H groups in total. The van der Waals surface area contributed by atoms with Crippen molar-refractivity contribution in [2.45, 2.75) is 13.3 Å². The number of likely N-dealkylation sites (N-methyl/N-ethyl adjacent to an activating group) is 1. The Morgan fingerprint density at radius 1 is 1.19 bits per heavy atom. The second-order valence-corrected chi connectivity index (χ2v) is 4.71. The van der Waals surface area contributed by atoms with E-state index < -0.39 is 0 Å². The lowest BCUT2D eigenvalue weighted by Crippen LogP contribution is -2.32. The number of aromatic nitrogens is 1. The fraction of sp³-hybridized carbons (Fsp3) is 0.294. The third-order valence-corrected chi connectivity index (χ3v) is 3.37. The average Bonchev–Trinajstić information content (AvgIpc) is 2.56. The van der Waals surface area contributed by atoms with Gasteiger partial charge in [-0.15, -0.1) is 0 Å². The van der Waals surface area contributed by atoms with Crippen LogP contribution in [0.1, 0.15) is 22.8 Å². The molecule has 0 bridgehead atoms. The molecule has 0 radical (unpaired) electrons. The molecule has 0 fully saturated rings. The molecule has 0 unspecified atom stereocenters. The molecule has 0 aliphatic rings. The maximum absolute atomic E-state index is 12.4. The smallest absolute Gasteiger partial charge is 0.255 e. The third kappa shape index (κ3) is 4.05. The van der Waals surface area contributed by atoms with Crippen LogP contribution in [-0.4, -0.2) is 36.0 Å². The maximum atomic E-state index is 12.4. The highest BCUT2D eigenvalue weighted by atomic mass is 16.5. The van der Waals surface area contributed by atoms with Gasteiger partial charge in [-0.25, -0.2) is 4.98 Å². The summed E-state index contributed by atoms with van der Waals surface area (Å²) in [7, 11) is 1.56. The zero-order valence-corrected chi connectivity index (χ0v) is 12.5. The number of amides is 1. The van der Waals surface area contributed by atoms with Crippen LogP contribution in [0.3, 0.4) is 0 Å². The largest absolute Gasteiger partial charge is 0.481 e. The van der Waals surface area contributed by atoms with Crippen molar-refractivity contribution >= 4 is 5.91 Å². The summed E-state index contributed by atoms with van der Waals surface area (Å²) in [6.07, 6.45) is 2.41. The first kappa shape index (κ1) is 15.0. The van der Waals surface area contributed by atoms with Gasteiger partial charge >= 0.3 is 0 Å². The summed E-state index contributed by atoms with van der Waals surface area (Å²) in [5.41, 5.74) is 1.82. The molecule has 1 amide bonds. The van der Waals surface area contributed by atoms with E-state index in [0.29, 0.717) is 24.5 Å². The predicted molar refractivity (Wildman–Crippen MR) is 82.5 cm³/mol. The molecule has 2 aromatic rings. The van der Waals surface area contributed by atoms with Crippen molar-refractivity contribution < 1.29 is 9.53 Å². The van der Waals surface area contributed by atoms with E-state index in [2.05, 4.69) is 17.1 Å². The van der Waals surface area contributed by atoms with Crippen LogP contribution in [0.15, 0.2) is 48.7 Å². The molecule has 0 saturated heterocycles. The molecule has 0 aliphatic heterocycles. The first-order valence-corrected chi connectivity index (χ1v) is 7.08. The van der Waals surface area contributed by atoms with Gasteiger partial charge in [0.2, 0.25) is 5.88 Å². The number of methoxy groups -OCH3 is 1. The van der Waals surface area contributed by atoms with Gasteiger partial charge in [0.25, 0.3) is 5.91 Å². The highest BCUT2D eigenvalue weighted by molar-refractivity contribution is 5.93. The number of rotatable bonds is 6. The van der Waals surface area contributed by atoms with Crippen molar-refractivity contribution in [3.63, 3.8) is 0 Å².